The summed E-state index contributed by atoms with van der Waals surface area (Å²) >= 11 is 5.97. The summed E-state index contributed by atoms with van der Waals surface area (Å²) in [5, 5.41) is 40.4. The van der Waals surface area contributed by atoms with E-state index >= 15 is 0 Å². The monoisotopic (exact) mass is 595 g/mol. The van der Waals surface area contributed by atoms with Crippen molar-refractivity contribution in [3.8, 4) is 0 Å². The fraction of sp³-hybridized carbons (Fsp3) is 0.677. The Bertz CT molecular complexity index is 1110. The summed E-state index contributed by atoms with van der Waals surface area (Å²) in [6, 6.07) is 6.24. The second-order valence-electron chi connectivity index (χ2n) is 13.3. The smallest absolute Gasteiger partial charge is 0.309 e. The first-order valence-electron chi connectivity index (χ1n) is 14.2. The van der Waals surface area contributed by atoms with Gasteiger partial charge in [-0.05, 0) is 92.5 Å². The molecule has 10 heteroatoms. The number of fused-ring (bicyclic) bond motifs is 1. The van der Waals surface area contributed by atoms with E-state index < -0.39 is 57.4 Å². The lowest BCUT2D eigenvalue weighted by Crippen LogP contribution is -2.42. The first kappa shape index (κ1) is 34.6. The summed E-state index contributed by atoms with van der Waals surface area (Å²) in [7, 11) is 0. The molecule has 4 unspecified atom stereocenters. The third-order valence-electron chi connectivity index (χ3n) is 10.7. The number of halogens is 1. The molecule has 2 aliphatic carbocycles. The van der Waals surface area contributed by atoms with Crippen molar-refractivity contribution in [3.63, 3.8) is 0 Å². The van der Waals surface area contributed by atoms with Gasteiger partial charge in [-0.15, -0.1) is 0 Å². The van der Waals surface area contributed by atoms with Gasteiger partial charge in [-0.2, -0.15) is 0 Å². The first-order chi connectivity index (χ1) is 18.7. The molecule has 4 rings (SSSR count). The Kier molecular flexibility index (Phi) is 10.7. The number of rotatable bonds is 4. The van der Waals surface area contributed by atoms with E-state index in [0.717, 1.165) is 24.5 Å². The van der Waals surface area contributed by atoms with Crippen LogP contribution in [0, 0.1) is 33.5 Å². The normalized spacial score (nSPS) is 31.3. The van der Waals surface area contributed by atoms with Crippen molar-refractivity contribution in [1.29, 1.82) is 0 Å². The fourth-order valence-electron chi connectivity index (χ4n) is 6.53. The second kappa shape index (κ2) is 12.7. The van der Waals surface area contributed by atoms with Crippen LogP contribution in [-0.2, 0) is 25.6 Å². The third kappa shape index (κ3) is 6.72. The van der Waals surface area contributed by atoms with Gasteiger partial charge in [0, 0.05) is 11.6 Å². The summed E-state index contributed by atoms with van der Waals surface area (Å²) in [4.78, 5) is 44.1. The lowest BCUT2D eigenvalue weighted by atomic mass is 9.66. The topological polar surface area (TPSA) is 161 Å². The van der Waals surface area contributed by atoms with E-state index in [0.29, 0.717) is 31.6 Å². The molecule has 1 aliphatic heterocycles. The standard InChI is InChI=1S/C11H14ClN.2C10H16O4/c1-8-7-13-5-4-9-2-3-10(12)6-11(8)9;2*1-9(2)6(7(11)12)4-5-10(9,3)8(13)14/h2-3,6,8,13H,4-5,7H2,1H3;2*6H,4-5H2,1-3H3,(H,11,12)(H,13,14)/t8-;;/m1../s1. The van der Waals surface area contributed by atoms with E-state index in [2.05, 4.69) is 24.4 Å². The van der Waals surface area contributed by atoms with Gasteiger partial charge in [-0.1, -0.05) is 52.3 Å². The minimum atomic E-state index is -0.921. The SMILES string of the molecule is CC1(C(=O)O)CCC(C(=O)O)C1(C)C.CC1(C(=O)O)CCC(C(=O)O)C1(C)C.C[C@@H]1CNCCc2ccc(Cl)cc21. The molecule has 1 aromatic carbocycles. The maximum Gasteiger partial charge on any atom is 0.309 e. The molecular formula is C31H46ClNO8. The van der Waals surface area contributed by atoms with Gasteiger partial charge in [-0.25, -0.2) is 0 Å². The Hall–Kier alpha value is -2.65. The molecule has 1 heterocycles. The Morgan fingerprint density at radius 2 is 1.24 bits per heavy atom. The van der Waals surface area contributed by atoms with Crippen LogP contribution in [0.25, 0.3) is 0 Å². The number of carboxylic acids is 4. The molecule has 0 saturated heterocycles. The van der Waals surface area contributed by atoms with E-state index in [1.165, 1.54) is 11.1 Å². The molecule has 0 amide bonds. The van der Waals surface area contributed by atoms with Gasteiger partial charge in [-0.3, -0.25) is 19.2 Å². The number of hydrogen-bond acceptors (Lipinski definition) is 5. The zero-order valence-corrected chi connectivity index (χ0v) is 26.0. The van der Waals surface area contributed by atoms with Crippen LogP contribution in [-0.4, -0.2) is 57.4 Å². The zero-order valence-electron chi connectivity index (χ0n) is 25.2. The third-order valence-corrected chi connectivity index (χ3v) is 10.9. The van der Waals surface area contributed by atoms with E-state index in [-0.39, 0.29) is 0 Å². The van der Waals surface area contributed by atoms with Crippen LogP contribution in [0.2, 0.25) is 5.02 Å². The Balaban J connectivity index is 0.000000215. The molecule has 2 fully saturated rings. The molecule has 0 spiro atoms. The van der Waals surface area contributed by atoms with Crippen molar-refractivity contribution in [2.45, 2.75) is 86.5 Å². The molecule has 41 heavy (non-hydrogen) atoms. The maximum atomic E-state index is 11.1. The van der Waals surface area contributed by atoms with Crippen molar-refractivity contribution in [2.24, 2.45) is 33.5 Å². The Morgan fingerprint density at radius 3 is 1.59 bits per heavy atom. The highest BCUT2D eigenvalue weighted by Gasteiger charge is 2.59. The van der Waals surface area contributed by atoms with Crippen LogP contribution in [0.15, 0.2) is 18.2 Å². The van der Waals surface area contributed by atoms with Crippen LogP contribution in [0.3, 0.4) is 0 Å². The van der Waals surface area contributed by atoms with Crippen molar-refractivity contribution in [1.82, 2.24) is 5.32 Å². The van der Waals surface area contributed by atoms with Crippen LogP contribution in [0.5, 0.6) is 0 Å². The van der Waals surface area contributed by atoms with Crippen molar-refractivity contribution >= 4 is 35.5 Å². The van der Waals surface area contributed by atoms with Gasteiger partial charge < -0.3 is 25.7 Å². The van der Waals surface area contributed by atoms with Gasteiger partial charge in [0.1, 0.15) is 0 Å². The Labute approximate surface area is 247 Å². The van der Waals surface area contributed by atoms with Crippen molar-refractivity contribution < 1.29 is 39.6 Å². The predicted molar refractivity (Wildman–Crippen MR) is 156 cm³/mol. The second-order valence-corrected chi connectivity index (χ2v) is 13.7. The molecule has 3 aliphatic rings. The summed E-state index contributed by atoms with van der Waals surface area (Å²) < 4.78 is 0. The molecule has 230 valence electrons. The number of aliphatic carboxylic acids is 4. The number of nitrogens with one attached hydrogen (secondary N) is 1. The quantitative estimate of drug-likeness (QED) is 0.290. The van der Waals surface area contributed by atoms with Gasteiger partial charge >= 0.3 is 23.9 Å². The van der Waals surface area contributed by atoms with Crippen LogP contribution in [0.1, 0.15) is 91.2 Å². The van der Waals surface area contributed by atoms with Gasteiger partial charge in [0.05, 0.1) is 22.7 Å². The summed E-state index contributed by atoms with van der Waals surface area (Å²) in [5.74, 6) is -4.10. The highest BCUT2D eigenvalue weighted by molar-refractivity contribution is 6.30. The molecule has 0 bridgehead atoms. The van der Waals surface area contributed by atoms with Gasteiger partial charge in [0.2, 0.25) is 0 Å². The minimum Gasteiger partial charge on any atom is -0.481 e. The van der Waals surface area contributed by atoms with Crippen molar-refractivity contribution in [3.05, 3.63) is 34.3 Å². The first-order valence-corrected chi connectivity index (χ1v) is 14.5. The van der Waals surface area contributed by atoms with E-state index in [1.54, 1.807) is 41.5 Å². The molecule has 0 radical (unpaired) electrons. The maximum absolute atomic E-state index is 11.1. The van der Waals surface area contributed by atoms with Crippen LogP contribution in [0.4, 0.5) is 0 Å². The highest BCUT2D eigenvalue weighted by atomic mass is 35.5. The molecule has 0 aromatic heterocycles. The van der Waals surface area contributed by atoms with Gasteiger partial charge in [0.25, 0.3) is 0 Å². The van der Waals surface area contributed by atoms with Crippen LogP contribution >= 0.6 is 11.6 Å². The molecular weight excluding hydrogens is 550 g/mol. The molecule has 5 atom stereocenters. The minimum absolute atomic E-state index is 0.437. The largest absolute Gasteiger partial charge is 0.481 e. The Morgan fingerprint density at radius 1 is 0.805 bits per heavy atom. The lowest BCUT2D eigenvalue weighted by Gasteiger charge is -2.36. The van der Waals surface area contributed by atoms with E-state index in [4.69, 9.17) is 32.0 Å². The van der Waals surface area contributed by atoms with Crippen molar-refractivity contribution in [2.75, 3.05) is 13.1 Å². The van der Waals surface area contributed by atoms with E-state index in [1.807, 2.05) is 6.07 Å². The molecule has 9 nitrogen and oxygen atoms in total. The molecule has 1 aromatic rings. The molecule has 2 saturated carbocycles. The van der Waals surface area contributed by atoms with Gasteiger partial charge in [0.15, 0.2) is 0 Å². The summed E-state index contributed by atoms with van der Waals surface area (Å²) in [6.45, 7) is 14.6. The fourth-order valence-corrected chi connectivity index (χ4v) is 6.71. The predicted octanol–water partition coefficient (Wildman–Crippen LogP) is 5.79. The number of carbonyl (C=O) groups is 4. The average Bonchev–Trinajstić information content (AvgIpc) is 3.17. The molecule has 5 N–H and O–H groups in total. The zero-order chi connectivity index (χ0) is 31.6. The lowest BCUT2D eigenvalue weighted by molar-refractivity contribution is -0.159. The number of hydrogen-bond donors (Lipinski definition) is 5. The number of carboxylic acid groups (broad SMARTS) is 4. The van der Waals surface area contributed by atoms with Crippen LogP contribution < -0.4 is 5.32 Å². The average molecular weight is 596 g/mol. The van der Waals surface area contributed by atoms with E-state index in [9.17, 15) is 19.2 Å². The summed E-state index contributed by atoms with van der Waals surface area (Å²) in [5.41, 5.74) is -0.360. The number of benzene rings is 1. The summed E-state index contributed by atoms with van der Waals surface area (Å²) in [6.07, 6.45) is 2.89. The highest BCUT2D eigenvalue weighted by Crippen LogP contribution is 2.57.